The number of carbonyl (C=O) groups is 1. The van der Waals surface area contributed by atoms with Crippen LogP contribution in [0.4, 0.5) is 13.2 Å². The van der Waals surface area contributed by atoms with Gasteiger partial charge in [-0.25, -0.2) is 9.78 Å². The third-order valence-corrected chi connectivity index (χ3v) is 5.11. The van der Waals surface area contributed by atoms with Gasteiger partial charge in [0.2, 0.25) is 0 Å². The molecule has 10 heteroatoms. The number of para-hydroxylation sites is 1. The van der Waals surface area contributed by atoms with Gasteiger partial charge in [0.15, 0.2) is 0 Å². The number of halogens is 4. The summed E-state index contributed by atoms with van der Waals surface area (Å²) in [4.78, 5) is 17.3. The highest BCUT2D eigenvalue weighted by Gasteiger charge is 2.31. The van der Waals surface area contributed by atoms with Crippen LogP contribution in [0.2, 0.25) is 5.02 Å². The second-order valence-electron chi connectivity index (χ2n) is 7.01. The standard InChI is InChI=1S/C23H17ClF3N3O3/c1-2-32-22(31)19-20(24)17-5-3-4-6-18(17)29-21(19)15-11-28-30(13-15)12-14-7-9-16(10-8-14)33-23(25,26)27/h3-11,13H,2,12H2,1H3. The smallest absolute Gasteiger partial charge is 0.462 e. The van der Waals surface area contributed by atoms with Crippen LogP contribution in [0.1, 0.15) is 22.8 Å². The van der Waals surface area contributed by atoms with Gasteiger partial charge in [-0.2, -0.15) is 5.10 Å². The third-order valence-electron chi connectivity index (χ3n) is 4.72. The number of pyridine rings is 1. The molecule has 2 aromatic heterocycles. The summed E-state index contributed by atoms with van der Waals surface area (Å²) in [7, 11) is 0. The van der Waals surface area contributed by atoms with Crippen LogP contribution in [0.15, 0.2) is 60.9 Å². The summed E-state index contributed by atoms with van der Waals surface area (Å²) in [6.07, 6.45) is -1.53. The van der Waals surface area contributed by atoms with E-state index in [1.54, 1.807) is 36.0 Å². The van der Waals surface area contributed by atoms with Crippen LogP contribution < -0.4 is 4.74 Å². The van der Waals surface area contributed by atoms with Crippen LogP contribution in [0.25, 0.3) is 22.2 Å². The van der Waals surface area contributed by atoms with Gasteiger partial charge in [-0.15, -0.1) is 13.2 Å². The summed E-state index contributed by atoms with van der Waals surface area (Å²) in [5.41, 5.74) is 2.33. The Morgan fingerprint density at radius 1 is 1.12 bits per heavy atom. The fourth-order valence-corrected chi connectivity index (χ4v) is 3.65. The number of esters is 1. The van der Waals surface area contributed by atoms with Crippen LogP contribution in [-0.2, 0) is 11.3 Å². The summed E-state index contributed by atoms with van der Waals surface area (Å²) in [6, 6.07) is 12.7. The van der Waals surface area contributed by atoms with Crippen LogP contribution >= 0.6 is 11.6 Å². The molecule has 33 heavy (non-hydrogen) atoms. The molecule has 0 aliphatic rings. The van der Waals surface area contributed by atoms with Gasteiger partial charge >= 0.3 is 12.3 Å². The number of nitrogens with zero attached hydrogens (tertiary/aromatic N) is 3. The maximum atomic E-state index is 12.7. The first kappa shape index (κ1) is 22.6. The van der Waals surface area contributed by atoms with E-state index < -0.39 is 12.3 Å². The van der Waals surface area contributed by atoms with Gasteiger partial charge in [-0.3, -0.25) is 4.68 Å². The highest BCUT2D eigenvalue weighted by atomic mass is 35.5. The van der Waals surface area contributed by atoms with Crippen molar-refractivity contribution in [1.29, 1.82) is 0 Å². The third kappa shape index (κ3) is 5.09. The van der Waals surface area contributed by atoms with Crippen LogP contribution in [0, 0.1) is 0 Å². The fraction of sp³-hybridized carbons (Fsp3) is 0.174. The monoisotopic (exact) mass is 475 g/mol. The molecule has 0 N–H and O–H groups in total. The van der Waals surface area contributed by atoms with E-state index >= 15 is 0 Å². The number of hydrogen-bond acceptors (Lipinski definition) is 5. The average Bonchev–Trinajstić information content (AvgIpc) is 3.22. The summed E-state index contributed by atoms with van der Waals surface area (Å²) < 4.78 is 47.6. The Hall–Kier alpha value is -3.59. The molecule has 6 nitrogen and oxygen atoms in total. The van der Waals surface area contributed by atoms with Crippen molar-refractivity contribution in [2.45, 2.75) is 19.8 Å². The van der Waals surface area contributed by atoms with Crippen molar-refractivity contribution >= 4 is 28.5 Å². The molecular weight excluding hydrogens is 459 g/mol. The lowest BCUT2D eigenvalue weighted by molar-refractivity contribution is -0.274. The summed E-state index contributed by atoms with van der Waals surface area (Å²) in [6.45, 7) is 2.15. The van der Waals surface area contributed by atoms with Crippen molar-refractivity contribution in [1.82, 2.24) is 14.8 Å². The molecule has 4 rings (SSSR count). The summed E-state index contributed by atoms with van der Waals surface area (Å²) >= 11 is 6.56. The second kappa shape index (κ2) is 9.11. The van der Waals surface area contributed by atoms with E-state index in [4.69, 9.17) is 16.3 Å². The Morgan fingerprint density at radius 2 is 1.85 bits per heavy atom. The summed E-state index contributed by atoms with van der Waals surface area (Å²) in [5.74, 6) is -0.898. The molecule has 0 bridgehead atoms. The van der Waals surface area contributed by atoms with Crippen molar-refractivity contribution in [3.8, 4) is 17.0 Å². The van der Waals surface area contributed by atoms with Crippen molar-refractivity contribution in [2.24, 2.45) is 0 Å². The highest BCUT2D eigenvalue weighted by molar-refractivity contribution is 6.39. The van der Waals surface area contributed by atoms with E-state index in [1.165, 1.54) is 30.5 Å². The molecule has 0 unspecified atom stereocenters. The van der Waals surface area contributed by atoms with Crippen LogP contribution in [-0.4, -0.2) is 33.7 Å². The number of ether oxygens (including phenoxy) is 2. The minimum absolute atomic E-state index is 0.144. The lowest BCUT2D eigenvalue weighted by Gasteiger charge is -2.11. The Labute approximate surface area is 191 Å². The predicted octanol–water partition coefficient (Wildman–Crippen LogP) is 5.88. The molecule has 0 aliphatic carbocycles. The number of hydrogen-bond donors (Lipinski definition) is 0. The lowest BCUT2D eigenvalue weighted by Crippen LogP contribution is -2.17. The zero-order chi connectivity index (χ0) is 23.6. The molecule has 0 saturated heterocycles. The average molecular weight is 476 g/mol. The quantitative estimate of drug-likeness (QED) is 0.326. The van der Waals surface area contributed by atoms with Gasteiger partial charge in [-0.1, -0.05) is 41.9 Å². The van der Waals surface area contributed by atoms with Gasteiger partial charge in [-0.05, 0) is 30.7 Å². The molecule has 0 fully saturated rings. The molecular formula is C23H17ClF3N3O3. The highest BCUT2D eigenvalue weighted by Crippen LogP contribution is 2.34. The van der Waals surface area contributed by atoms with E-state index in [1.807, 2.05) is 6.07 Å². The Morgan fingerprint density at radius 3 is 2.55 bits per heavy atom. The Kier molecular flexibility index (Phi) is 6.24. The maximum absolute atomic E-state index is 12.7. The number of fused-ring (bicyclic) bond motifs is 1. The molecule has 170 valence electrons. The normalized spacial score (nSPS) is 11.5. The first-order valence-corrected chi connectivity index (χ1v) is 10.3. The number of alkyl halides is 3. The fourth-order valence-electron chi connectivity index (χ4n) is 3.33. The zero-order valence-corrected chi connectivity index (χ0v) is 18.0. The van der Waals surface area contributed by atoms with Gasteiger partial charge in [0.05, 0.1) is 35.6 Å². The summed E-state index contributed by atoms with van der Waals surface area (Å²) in [5, 5.41) is 5.16. The minimum atomic E-state index is -4.75. The molecule has 2 aromatic carbocycles. The molecule has 0 amide bonds. The van der Waals surface area contributed by atoms with Crippen molar-refractivity contribution in [3.05, 3.63) is 77.1 Å². The first-order valence-electron chi connectivity index (χ1n) is 9.88. The van der Waals surface area contributed by atoms with Gasteiger partial charge in [0.1, 0.15) is 11.3 Å². The molecule has 0 radical (unpaired) electrons. The van der Waals surface area contributed by atoms with E-state index in [0.717, 1.165) is 0 Å². The SMILES string of the molecule is CCOC(=O)c1c(-c2cnn(Cc3ccc(OC(F)(F)F)cc3)c2)nc2ccccc2c1Cl. The molecule has 2 heterocycles. The lowest BCUT2D eigenvalue weighted by atomic mass is 10.1. The van der Waals surface area contributed by atoms with Crippen molar-refractivity contribution in [2.75, 3.05) is 6.61 Å². The van der Waals surface area contributed by atoms with Gasteiger partial charge < -0.3 is 9.47 Å². The molecule has 0 saturated carbocycles. The largest absolute Gasteiger partial charge is 0.573 e. The number of benzene rings is 2. The van der Waals surface area contributed by atoms with Gasteiger partial charge in [0, 0.05) is 17.1 Å². The van der Waals surface area contributed by atoms with Gasteiger partial charge in [0.25, 0.3) is 0 Å². The van der Waals surface area contributed by atoms with E-state index in [-0.39, 0.29) is 29.5 Å². The van der Waals surface area contributed by atoms with E-state index in [2.05, 4.69) is 14.8 Å². The number of carbonyl (C=O) groups excluding carboxylic acids is 1. The van der Waals surface area contributed by atoms with Crippen LogP contribution in [0.5, 0.6) is 5.75 Å². The Balaban J connectivity index is 1.66. The topological polar surface area (TPSA) is 66.2 Å². The molecule has 4 aromatic rings. The molecule has 0 aliphatic heterocycles. The number of rotatable bonds is 6. The Bertz CT molecular complexity index is 1300. The minimum Gasteiger partial charge on any atom is -0.462 e. The second-order valence-corrected chi connectivity index (χ2v) is 7.38. The molecule has 0 spiro atoms. The number of aromatic nitrogens is 3. The van der Waals surface area contributed by atoms with Crippen molar-refractivity contribution < 1.29 is 27.4 Å². The maximum Gasteiger partial charge on any atom is 0.573 e. The van der Waals surface area contributed by atoms with E-state index in [0.29, 0.717) is 27.7 Å². The molecule has 0 atom stereocenters. The van der Waals surface area contributed by atoms with Crippen LogP contribution in [0.3, 0.4) is 0 Å². The zero-order valence-electron chi connectivity index (χ0n) is 17.3. The first-order chi connectivity index (χ1) is 15.7. The van der Waals surface area contributed by atoms with E-state index in [9.17, 15) is 18.0 Å². The predicted molar refractivity (Wildman–Crippen MR) is 116 cm³/mol. The van der Waals surface area contributed by atoms with Crippen molar-refractivity contribution in [3.63, 3.8) is 0 Å².